The van der Waals surface area contributed by atoms with Gasteiger partial charge in [0.05, 0.1) is 6.04 Å². The van der Waals surface area contributed by atoms with E-state index in [2.05, 4.69) is 5.32 Å². The fourth-order valence-corrected chi connectivity index (χ4v) is 4.52. The molecule has 3 aromatic rings. The SMILES string of the molecule is CCC(=O)N1CCc2ccc(O[C@H](CC)C(=O)Nc3ccc(C)cc3)cc2[C@@H]1c1cccc(F)c1. The molecule has 0 radical (unpaired) electrons. The van der Waals surface area contributed by atoms with Crippen molar-refractivity contribution in [1.29, 1.82) is 0 Å². The molecule has 0 unspecified atom stereocenters. The Morgan fingerprint density at radius 3 is 2.54 bits per heavy atom. The maximum atomic E-state index is 14.1. The standard InChI is InChI=1S/C29H31FN2O3/c1-4-26(29(34)31-23-12-9-19(3)10-13-23)35-24-14-11-20-15-16-32(27(33)5-2)28(25(20)18-24)21-7-6-8-22(30)17-21/h6-14,17-18,26,28H,4-5,15-16H2,1-3H3,(H,31,34)/t26-,28+/m1/s1. The zero-order chi connectivity index (χ0) is 24.9. The molecule has 0 saturated carbocycles. The van der Waals surface area contributed by atoms with E-state index in [4.69, 9.17) is 4.74 Å². The molecule has 0 aliphatic carbocycles. The number of nitrogens with one attached hydrogen (secondary N) is 1. The topological polar surface area (TPSA) is 58.6 Å². The average Bonchev–Trinajstić information content (AvgIpc) is 2.87. The number of amides is 2. The Balaban J connectivity index is 1.62. The van der Waals surface area contributed by atoms with Gasteiger partial charge in [0, 0.05) is 18.7 Å². The van der Waals surface area contributed by atoms with Crippen LogP contribution < -0.4 is 10.1 Å². The first-order valence-electron chi connectivity index (χ1n) is 12.1. The molecule has 1 N–H and O–H groups in total. The summed E-state index contributed by atoms with van der Waals surface area (Å²) < 4.78 is 20.3. The lowest BCUT2D eigenvalue weighted by Crippen LogP contribution is -2.40. The van der Waals surface area contributed by atoms with Crippen molar-refractivity contribution >= 4 is 17.5 Å². The van der Waals surface area contributed by atoms with Crippen molar-refractivity contribution in [2.45, 2.75) is 52.2 Å². The van der Waals surface area contributed by atoms with Crippen LogP contribution in [0.3, 0.4) is 0 Å². The summed E-state index contributed by atoms with van der Waals surface area (Å²) in [5.41, 5.74) is 4.53. The maximum Gasteiger partial charge on any atom is 0.265 e. The van der Waals surface area contributed by atoms with Gasteiger partial charge >= 0.3 is 0 Å². The number of ether oxygens (including phenoxy) is 1. The quantitative estimate of drug-likeness (QED) is 0.470. The summed E-state index contributed by atoms with van der Waals surface area (Å²) in [7, 11) is 0. The second kappa shape index (κ2) is 10.7. The minimum absolute atomic E-state index is 0.0140. The molecule has 0 spiro atoms. The summed E-state index contributed by atoms with van der Waals surface area (Å²) >= 11 is 0. The minimum Gasteiger partial charge on any atom is -0.481 e. The van der Waals surface area contributed by atoms with Crippen LogP contribution in [0.4, 0.5) is 10.1 Å². The zero-order valence-electron chi connectivity index (χ0n) is 20.4. The van der Waals surface area contributed by atoms with E-state index in [1.807, 2.05) is 74.2 Å². The molecule has 3 aromatic carbocycles. The van der Waals surface area contributed by atoms with E-state index >= 15 is 0 Å². The predicted molar refractivity (Wildman–Crippen MR) is 135 cm³/mol. The number of halogens is 1. The molecule has 0 fully saturated rings. The van der Waals surface area contributed by atoms with Gasteiger partial charge in [-0.25, -0.2) is 4.39 Å². The summed E-state index contributed by atoms with van der Waals surface area (Å²) in [5.74, 6) is -0.00899. The Kier molecular flexibility index (Phi) is 7.49. The summed E-state index contributed by atoms with van der Waals surface area (Å²) in [5, 5.41) is 2.91. The molecule has 5 nitrogen and oxygen atoms in total. The van der Waals surface area contributed by atoms with Crippen molar-refractivity contribution in [3.63, 3.8) is 0 Å². The van der Waals surface area contributed by atoms with E-state index in [9.17, 15) is 14.0 Å². The van der Waals surface area contributed by atoms with Crippen molar-refractivity contribution in [2.24, 2.45) is 0 Å². The summed E-state index contributed by atoms with van der Waals surface area (Å²) in [4.78, 5) is 27.5. The van der Waals surface area contributed by atoms with Crippen LogP contribution in [0.1, 0.15) is 55.0 Å². The van der Waals surface area contributed by atoms with Crippen LogP contribution in [0, 0.1) is 12.7 Å². The highest BCUT2D eigenvalue weighted by molar-refractivity contribution is 5.94. The summed E-state index contributed by atoms with van der Waals surface area (Å²) in [6, 6.07) is 19.3. The lowest BCUT2D eigenvalue weighted by atomic mass is 9.87. The van der Waals surface area contributed by atoms with Crippen LogP contribution in [-0.4, -0.2) is 29.4 Å². The molecule has 2 atom stereocenters. The van der Waals surface area contributed by atoms with E-state index in [1.54, 1.807) is 6.07 Å². The van der Waals surface area contributed by atoms with Gasteiger partial charge in [-0.2, -0.15) is 0 Å². The smallest absolute Gasteiger partial charge is 0.265 e. The Morgan fingerprint density at radius 2 is 1.86 bits per heavy atom. The lowest BCUT2D eigenvalue weighted by molar-refractivity contribution is -0.133. The van der Waals surface area contributed by atoms with Crippen LogP contribution in [0.5, 0.6) is 5.75 Å². The molecule has 6 heteroatoms. The molecule has 1 heterocycles. The number of carbonyl (C=O) groups excluding carboxylic acids is 2. The number of nitrogens with zero attached hydrogens (tertiary/aromatic N) is 1. The molecular weight excluding hydrogens is 443 g/mol. The van der Waals surface area contributed by atoms with Gasteiger partial charge in [-0.3, -0.25) is 9.59 Å². The predicted octanol–water partition coefficient (Wildman–Crippen LogP) is 5.81. The highest BCUT2D eigenvalue weighted by atomic mass is 19.1. The van der Waals surface area contributed by atoms with Crippen LogP contribution in [0.15, 0.2) is 66.7 Å². The lowest BCUT2D eigenvalue weighted by Gasteiger charge is -2.38. The van der Waals surface area contributed by atoms with E-state index in [0.717, 1.165) is 16.7 Å². The Hall–Kier alpha value is -3.67. The summed E-state index contributed by atoms with van der Waals surface area (Å²) in [6.45, 7) is 6.29. The molecule has 2 amide bonds. The molecule has 1 aliphatic rings. The van der Waals surface area contributed by atoms with E-state index in [-0.39, 0.29) is 17.6 Å². The van der Waals surface area contributed by atoms with Crippen LogP contribution in [-0.2, 0) is 16.0 Å². The second-order valence-corrected chi connectivity index (χ2v) is 8.88. The van der Waals surface area contributed by atoms with Crippen LogP contribution in [0.2, 0.25) is 0 Å². The third-order valence-corrected chi connectivity index (χ3v) is 6.39. The number of hydrogen-bond donors (Lipinski definition) is 1. The van der Waals surface area contributed by atoms with Gasteiger partial charge in [-0.1, -0.05) is 49.7 Å². The van der Waals surface area contributed by atoms with Gasteiger partial charge in [-0.15, -0.1) is 0 Å². The number of hydrogen-bond acceptors (Lipinski definition) is 3. The van der Waals surface area contributed by atoms with Gasteiger partial charge in [0.1, 0.15) is 11.6 Å². The van der Waals surface area contributed by atoms with Crippen LogP contribution >= 0.6 is 0 Å². The van der Waals surface area contributed by atoms with Gasteiger partial charge < -0.3 is 15.0 Å². The maximum absolute atomic E-state index is 14.1. The average molecular weight is 475 g/mol. The number of fused-ring (bicyclic) bond motifs is 1. The number of anilines is 1. The molecule has 4 rings (SSSR count). The fourth-order valence-electron chi connectivity index (χ4n) is 4.52. The number of rotatable bonds is 7. The number of carbonyl (C=O) groups is 2. The van der Waals surface area contributed by atoms with Gasteiger partial charge in [0.2, 0.25) is 5.91 Å². The van der Waals surface area contributed by atoms with Crippen molar-refractivity contribution in [3.05, 3.63) is 94.8 Å². The molecule has 0 bridgehead atoms. The number of aryl methyl sites for hydroxylation is 1. The Morgan fingerprint density at radius 1 is 1.09 bits per heavy atom. The first kappa shape index (κ1) is 24.5. The molecule has 182 valence electrons. The van der Waals surface area contributed by atoms with Crippen molar-refractivity contribution in [3.8, 4) is 5.75 Å². The second-order valence-electron chi connectivity index (χ2n) is 8.88. The summed E-state index contributed by atoms with van der Waals surface area (Å²) in [6.07, 6.45) is 0.883. The first-order chi connectivity index (χ1) is 16.9. The fraction of sp³-hybridized carbons (Fsp3) is 0.310. The highest BCUT2D eigenvalue weighted by Gasteiger charge is 2.32. The third-order valence-electron chi connectivity index (χ3n) is 6.39. The van der Waals surface area contributed by atoms with E-state index in [1.165, 1.54) is 12.1 Å². The monoisotopic (exact) mass is 474 g/mol. The van der Waals surface area contributed by atoms with Gasteiger partial charge in [-0.05, 0) is 72.9 Å². The zero-order valence-corrected chi connectivity index (χ0v) is 20.4. The molecule has 1 aliphatic heterocycles. The number of benzene rings is 3. The van der Waals surface area contributed by atoms with Gasteiger partial charge in [0.15, 0.2) is 6.10 Å². The largest absolute Gasteiger partial charge is 0.481 e. The normalized spacial score (nSPS) is 15.8. The highest BCUT2D eigenvalue weighted by Crippen LogP contribution is 2.38. The molecular formula is C29H31FN2O3. The van der Waals surface area contributed by atoms with Crippen molar-refractivity contribution in [1.82, 2.24) is 4.90 Å². The Bertz CT molecular complexity index is 1210. The van der Waals surface area contributed by atoms with Gasteiger partial charge in [0.25, 0.3) is 5.91 Å². The molecule has 0 saturated heterocycles. The third kappa shape index (κ3) is 5.53. The van der Waals surface area contributed by atoms with Crippen molar-refractivity contribution in [2.75, 3.05) is 11.9 Å². The molecule has 35 heavy (non-hydrogen) atoms. The van der Waals surface area contributed by atoms with Crippen LogP contribution in [0.25, 0.3) is 0 Å². The first-order valence-corrected chi connectivity index (χ1v) is 12.1. The Labute approximate surface area is 205 Å². The molecule has 0 aromatic heterocycles. The van der Waals surface area contributed by atoms with Crippen molar-refractivity contribution < 1.29 is 18.7 Å². The minimum atomic E-state index is -0.682. The van der Waals surface area contributed by atoms with E-state index < -0.39 is 12.1 Å². The van der Waals surface area contributed by atoms with E-state index in [0.29, 0.717) is 42.8 Å².